The van der Waals surface area contributed by atoms with Crippen LogP contribution < -0.4 is 10.6 Å². The van der Waals surface area contributed by atoms with Crippen LogP contribution in [0.25, 0.3) is 0 Å². The molecule has 0 saturated heterocycles. The second kappa shape index (κ2) is 14.2. The number of benzene rings is 2. The molecule has 3 amide bonds. The van der Waals surface area contributed by atoms with Gasteiger partial charge in [0.05, 0.1) is 0 Å². The summed E-state index contributed by atoms with van der Waals surface area (Å²) < 4.78 is 5.44. The number of rotatable bonds is 11. The lowest BCUT2D eigenvalue weighted by atomic mass is 9.97. The van der Waals surface area contributed by atoms with Crippen LogP contribution in [0.1, 0.15) is 61.1 Å². The predicted molar refractivity (Wildman–Crippen MR) is 161 cm³/mol. The second-order valence-electron chi connectivity index (χ2n) is 10.8. The molecule has 0 spiro atoms. The number of nitrogens with one attached hydrogen (secondary N) is 2. The van der Waals surface area contributed by atoms with Gasteiger partial charge in [-0.3, -0.25) is 9.59 Å². The summed E-state index contributed by atoms with van der Waals surface area (Å²) in [7, 11) is 0. The number of amides is 3. The molecule has 0 heterocycles. The van der Waals surface area contributed by atoms with E-state index in [4.69, 9.17) is 4.74 Å². The molecule has 0 bridgehead atoms. The molecule has 2 rings (SSSR count). The number of alkyl carbamates (subject to hydrolysis) is 1. The summed E-state index contributed by atoms with van der Waals surface area (Å²) in [6.45, 7) is 17.1. The number of hydrogen-bond donors (Lipinski definition) is 2. The van der Waals surface area contributed by atoms with Crippen molar-refractivity contribution in [2.75, 3.05) is 23.9 Å². The Labute approximate surface area is 237 Å². The molecule has 2 aromatic carbocycles. The molecular formula is C31H43N3O4S. The molecule has 0 saturated carbocycles. The third kappa shape index (κ3) is 9.17. The first-order valence-electron chi connectivity index (χ1n) is 13.1. The smallest absolute Gasteiger partial charge is 0.408 e. The van der Waals surface area contributed by atoms with E-state index in [1.54, 1.807) is 38.6 Å². The van der Waals surface area contributed by atoms with E-state index in [1.807, 2.05) is 70.3 Å². The van der Waals surface area contributed by atoms with E-state index in [-0.39, 0.29) is 18.4 Å². The van der Waals surface area contributed by atoms with Crippen LogP contribution in [0.4, 0.5) is 10.5 Å². The number of para-hydroxylation sites is 1. The number of ether oxygens (including phenoxy) is 1. The van der Waals surface area contributed by atoms with Gasteiger partial charge in [0.2, 0.25) is 5.91 Å². The normalized spacial score (nSPS) is 12.7. The fraction of sp³-hybridized carbons (Fsp3) is 0.452. The van der Waals surface area contributed by atoms with Gasteiger partial charge in [0, 0.05) is 12.2 Å². The van der Waals surface area contributed by atoms with Gasteiger partial charge in [-0.2, -0.15) is 11.8 Å². The Hall–Kier alpha value is -3.26. The fourth-order valence-electron chi connectivity index (χ4n) is 4.22. The third-order valence-corrected chi connectivity index (χ3v) is 6.99. The highest BCUT2D eigenvalue weighted by molar-refractivity contribution is 7.98. The quantitative estimate of drug-likeness (QED) is 0.321. The molecule has 0 aliphatic rings. The number of nitrogens with zero attached hydrogens (tertiary/aromatic N) is 1. The maximum Gasteiger partial charge on any atom is 0.408 e. The molecule has 2 atom stereocenters. The van der Waals surface area contributed by atoms with E-state index in [0.717, 1.165) is 22.3 Å². The number of hydrogen-bond acceptors (Lipinski definition) is 5. The van der Waals surface area contributed by atoms with Gasteiger partial charge in [-0.05, 0) is 94.7 Å². The molecular weight excluding hydrogens is 510 g/mol. The van der Waals surface area contributed by atoms with Crippen molar-refractivity contribution in [3.8, 4) is 0 Å². The number of carbonyl (C=O) groups is 3. The topological polar surface area (TPSA) is 87.7 Å². The maximum atomic E-state index is 14.1. The molecule has 8 heteroatoms. The summed E-state index contributed by atoms with van der Waals surface area (Å²) in [5.74, 6) is -0.0849. The lowest BCUT2D eigenvalue weighted by molar-refractivity contribution is -0.140. The fourth-order valence-corrected chi connectivity index (χ4v) is 4.69. The molecule has 7 nitrogen and oxygen atoms in total. The van der Waals surface area contributed by atoms with Crippen molar-refractivity contribution < 1.29 is 19.1 Å². The van der Waals surface area contributed by atoms with Crippen LogP contribution in [0.2, 0.25) is 0 Å². The summed E-state index contributed by atoms with van der Waals surface area (Å²) >= 11 is 1.57. The van der Waals surface area contributed by atoms with Crippen molar-refractivity contribution in [3.05, 3.63) is 76.9 Å². The highest BCUT2D eigenvalue weighted by Crippen LogP contribution is 2.28. The number of anilines is 1. The first-order chi connectivity index (χ1) is 18.3. The summed E-state index contributed by atoms with van der Waals surface area (Å²) in [4.78, 5) is 42.3. The van der Waals surface area contributed by atoms with Crippen molar-refractivity contribution in [1.29, 1.82) is 0 Å². The van der Waals surface area contributed by atoms with Crippen molar-refractivity contribution in [1.82, 2.24) is 10.2 Å². The molecule has 39 heavy (non-hydrogen) atoms. The number of thioether (sulfide) groups is 1. The van der Waals surface area contributed by atoms with E-state index >= 15 is 0 Å². The van der Waals surface area contributed by atoms with E-state index < -0.39 is 23.8 Å². The van der Waals surface area contributed by atoms with Gasteiger partial charge < -0.3 is 20.3 Å². The Kier molecular flexibility index (Phi) is 11.6. The van der Waals surface area contributed by atoms with E-state index in [2.05, 4.69) is 17.2 Å². The highest BCUT2D eigenvalue weighted by atomic mass is 32.2. The Bertz CT molecular complexity index is 1170. The Morgan fingerprint density at radius 3 is 2.21 bits per heavy atom. The van der Waals surface area contributed by atoms with Gasteiger partial charge in [0.1, 0.15) is 17.7 Å². The zero-order valence-electron chi connectivity index (χ0n) is 24.5. The highest BCUT2D eigenvalue weighted by Gasteiger charge is 2.36. The minimum atomic E-state index is -0.953. The van der Waals surface area contributed by atoms with Crippen LogP contribution in [0.5, 0.6) is 0 Å². The summed E-state index contributed by atoms with van der Waals surface area (Å²) in [5.41, 5.74) is 4.62. The first-order valence-corrected chi connectivity index (χ1v) is 14.5. The zero-order chi connectivity index (χ0) is 29.3. The Morgan fingerprint density at radius 1 is 1.03 bits per heavy atom. The Balaban J connectivity index is 2.57. The molecule has 212 valence electrons. The van der Waals surface area contributed by atoms with E-state index in [0.29, 0.717) is 23.4 Å². The molecule has 0 aliphatic carbocycles. The largest absolute Gasteiger partial charge is 0.444 e. The molecule has 0 radical (unpaired) electrons. The van der Waals surface area contributed by atoms with Crippen LogP contribution in [-0.4, -0.2) is 53.0 Å². The van der Waals surface area contributed by atoms with Gasteiger partial charge in [-0.1, -0.05) is 42.5 Å². The minimum Gasteiger partial charge on any atom is -0.444 e. The molecule has 0 aliphatic heterocycles. The van der Waals surface area contributed by atoms with E-state index in [9.17, 15) is 14.4 Å². The minimum absolute atomic E-state index is 0.113. The molecule has 2 aromatic rings. The van der Waals surface area contributed by atoms with Gasteiger partial charge in [0.25, 0.3) is 5.91 Å². The van der Waals surface area contributed by atoms with Crippen LogP contribution in [0, 0.1) is 27.7 Å². The van der Waals surface area contributed by atoms with E-state index in [1.165, 1.54) is 4.90 Å². The molecule has 2 unspecified atom stereocenters. The molecule has 2 N–H and O–H groups in total. The van der Waals surface area contributed by atoms with Crippen LogP contribution in [0.3, 0.4) is 0 Å². The lowest BCUT2D eigenvalue weighted by Gasteiger charge is -2.34. The van der Waals surface area contributed by atoms with Crippen LogP contribution in [0.15, 0.2) is 49.1 Å². The van der Waals surface area contributed by atoms with Crippen LogP contribution in [-0.2, 0) is 14.3 Å². The Morgan fingerprint density at radius 2 is 1.67 bits per heavy atom. The predicted octanol–water partition coefficient (Wildman–Crippen LogP) is 6.26. The maximum absolute atomic E-state index is 14.1. The summed E-state index contributed by atoms with van der Waals surface area (Å²) in [6.07, 6.45) is 3.23. The average Bonchev–Trinajstić information content (AvgIpc) is 2.84. The molecule has 0 fully saturated rings. The standard InChI is InChI=1S/C31H43N3O4S/c1-10-17-34(29(36)25(16-18-39-9)32-30(37)38-31(6,7)8)27(24-15-14-20(2)23(5)19-24)28(35)33-26-21(3)12-11-13-22(26)4/h10-15,19,25,27H,1,16-18H2,2-9H3,(H,32,37)(H,33,35). The molecule has 0 aromatic heterocycles. The van der Waals surface area contributed by atoms with Crippen molar-refractivity contribution in [2.45, 2.75) is 72.6 Å². The summed E-state index contributed by atoms with van der Waals surface area (Å²) in [6, 6.07) is 9.73. The monoisotopic (exact) mass is 553 g/mol. The second-order valence-corrected chi connectivity index (χ2v) is 11.7. The number of aryl methyl sites for hydroxylation is 4. The average molecular weight is 554 g/mol. The van der Waals surface area contributed by atoms with Crippen molar-refractivity contribution in [3.63, 3.8) is 0 Å². The van der Waals surface area contributed by atoms with Gasteiger partial charge in [0.15, 0.2) is 0 Å². The van der Waals surface area contributed by atoms with Crippen molar-refractivity contribution in [2.24, 2.45) is 0 Å². The van der Waals surface area contributed by atoms with Gasteiger partial charge in [-0.25, -0.2) is 4.79 Å². The van der Waals surface area contributed by atoms with Crippen LogP contribution >= 0.6 is 11.8 Å². The SMILES string of the molecule is C=CCN(C(=O)C(CCSC)NC(=O)OC(C)(C)C)C(C(=O)Nc1c(C)cccc1C)c1ccc(C)c(C)c1. The zero-order valence-corrected chi connectivity index (χ0v) is 25.3. The van der Waals surface area contributed by atoms with Gasteiger partial charge in [-0.15, -0.1) is 6.58 Å². The van der Waals surface area contributed by atoms with Gasteiger partial charge >= 0.3 is 6.09 Å². The first kappa shape index (κ1) is 32.0. The summed E-state index contributed by atoms with van der Waals surface area (Å²) in [5, 5.41) is 5.82. The van der Waals surface area contributed by atoms with Crippen molar-refractivity contribution >= 4 is 35.4 Å². The third-order valence-electron chi connectivity index (χ3n) is 6.34. The lowest BCUT2D eigenvalue weighted by Crippen LogP contribution is -2.52. The number of carbonyl (C=O) groups excluding carboxylic acids is 3.